The Morgan fingerprint density at radius 2 is 1.98 bits per heavy atom. The summed E-state index contributed by atoms with van der Waals surface area (Å²) in [6.07, 6.45) is 1.21. The maximum atomic E-state index is 14.0. The molecule has 3 aliphatic rings. The highest BCUT2D eigenvalue weighted by Crippen LogP contribution is 2.49. The van der Waals surface area contributed by atoms with Gasteiger partial charge in [-0.2, -0.15) is 0 Å². The zero-order valence-electron chi connectivity index (χ0n) is 29.9. The molecule has 50 heavy (non-hydrogen) atoms. The molecule has 3 N–H and O–H groups in total. The Hall–Kier alpha value is -3.69. The van der Waals surface area contributed by atoms with Gasteiger partial charge in [0.1, 0.15) is 41.2 Å². The lowest BCUT2D eigenvalue weighted by Crippen LogP contribution is -2.63. The fourth-order valence-corrected chi connectivity index (χ4v) is 6.82. The standard InChI is InChI=1S/C35H49ClN4O10/c1-20-10-9-11-26(47-8)35(45)18-25(48-33(44)38-35)21(2)32-34(3,50-32)27(49-30(43)19-39(5)28(41)12-13-37-4)17-29(42)40(6)23-15-22(14-20)16-24(46-7)31(23)36/h9-11,15-16,21,25-27,32,37,45H,12-14,17-19H2,1-8H3,(H,38,44)/b11-9+,20-10+/t21-,25+,26-,27+,32+,34+,35+/m1/s1. The van der Waals surface area contributed by atoms with Crippen LogP contribution in [0.4, 0.5) is 10.5 Å². The molecule has 0 spiro atoms. The van der Waals surface area contributed by atoms with Gasteiger partial charge in [-0.05, 0) is 45.0 Å². The lowest BCUT2D eigenvalue weighted by atomic mass is 9.83. The van der Waals surface area contributed by atoms with Gasteiger partial charge in [-0.15, -0.1) is 0 Å². The predicted molar refractivity (Wildman–Crippen MR) is 185 cm³/mol. The highest BCUT2D eigenvalue weighted by molar-refractivity contribution is 6.35. The summed E-state index contributed by atoms with van der Waals surface area (Å²) in [4.78, 5) is 55.2. The molecule has 0 aliphatic carbocycles. The largest absolute Gasteiger partial charge is 0.495 e. The third kappa shape index (κ3) is 8.78. The van der Waals surface area contributed by atoms with Crippen LogP contribution in [0.5, 0.6) is 5.75 Å². The number of hydrogen-bond donors (Lipinski definition) is 3. The number of anilines is 1. The van der Waals surface area contributed by atoms with Gasteiger partial charge in [0.2, 0.25) is 11.8 Å². The van der Waals surface area contributed by atoms with Crippen molar-refractivity contribution >= 4 is 41.2 Å². The monoisotopic (exact) mass is 720 g/mol. The molecule has 3 heterocycles. The van der Waals surface area contributed by atoms with E-state index in [1.165, 1.54) is 31.1 Å². The third-order valence-corrected chi connectivity index (χ3v) is 9.99. The topological polar surface area (TPSA) is 169 Å². The van der Waals surface area contributed by atoms with E-state index in [4.69, 9.17) is 35.3 Å². The number of rotatable bonds is 8. The molecular formula is C35H49ClN4O10. The lowest BCUT2D eigenvalue weighted by molar-refractivity contribution is -0.157. The number of likely N-dealkylation sites (N-methyl/N-ethyl adjacent to an activating group) is 1. The zero-order chi connectivity index (χ0) is 37.0. The first-order chi connectivity index (χ1) is 23.6. The fraction of sp³-hybridized carbons (Fsp3) is 0.600. The van der Waals surface area contributed by atoms with Gasteiger partial charge < -0.3 is 43.9 Å². The number of amides is 3. The number of carbonyl (C=O) groups excluding carboxylic acids is 4. The second-order valence-electron chi connectivity index (χ2n) is 13.4. The number of hydrogen-bond acceptors (Lipinski definition) is 11. The number of carbonyl (C=O) groups is 4. The number of nitrogens with one attached hydrogen (secondary N) is 2. The van der Waals surface area contributed by atoms with Crippen LogP contribution in [-0.2, 0) is 39.8 Å². The molecule has 276 valence electrons. The normalized spacial score (nSPS) is 31.7. The maximum Gasteiger partial charge on any atom is 0.409 e. The number of aliphatic hydroxyl groups is 1. The molecule has 1 aromatic carbocycles. The van der Waals surface area contributed by atoms with Crippen LogP contribution in [-0.4, -0.2) is 118 Å². The second kappa shape index (κ2) is 16.1. The molecule has 3 amide bonds. The first-order valence-corrected chi connectivity index (χ1v) is 16.9. The number of allylic oxidation sites excluding steroid dienone is 3. The van der Waals surface area contributed by atoms with E-state index in [1.807, 2.05) is 13.0 Å². The molecule has 4 bridgehead atoms. The van der Waals surface area contributed by atoms with E-state index in [2.05, 4.69) is 10.6 Å². The molecule has 0 aromatic heterocycles. The Morgan fingerprint density at radius 1 is 1.26 bits per heavy atom. The molecule has 14 nitrogen and oxygen atoms in total. The van der Waals surface area contributed by atoms with Gasteiger partial charge in [-0.25, -0.2) is 4.79 Å². The van der Waals surface area contributed by atoms with Crippen molar-refractivity contribution in [2.75, 3.05) is 53.4 Å². The van der Waals surface area contributed by atoms with E-state index < -0.39 is 59.6 Å². The summed E-state index contributed by atoms with van der Waals surface area (Å²) in [7, 11) is 7.71. The number of benzene rings is 1. The van der Waals surface area contributed by atoms with Crippen LogP contribution in [0.2, 0.25) is 5.02 Å². The Balaban J connectivity index is 1.74. The van der Waals surface area contributed by atoms with Gasteiger partial charge in [-0.3, -0.25) is 19.7 Å². The molecule has 15 heteroatoms. The Bertz CT molecular complexity index is 1520. The van der Waals surface area contributed by atoms with Crippen LogP contribution in [0.25, 0.3) is 0 Å². The van der Waals surface area contributed by atoms with Crippen LogP contribution in [0.1, 0.15) is 45.6 Å². The molecular weight excluding hydrogens is 672 g/mol. The molecule has 3 aliphatic heterocycles. The van der Waals surface area contributed by atoms with Gasteiger partial charge >= 0.3 is 12.1 Å². The van der Waals surface area contributed by atoms with Gasteiger partial charge in [-0.1, -0.05) is 42.3 Å². The van der Waals surface area contributed by atoms with Crippen LogP contribution in [0, 0.1) is 5.92 Å². The lowest BCUT2D eigenvalue weighted by Gasteiger charge is -2.42. The summed E-state index contributed by atoms with van der Waals surface area (Å²) in [5.41, 5.74) is -0.874. The summed E-state index contributed by atoms with van der Waals surface area (Å²) in [5.74, 6) is -1.56. The first-order valence-electron chi connectivity index (χ1n) is 16.5. The van der Waals surface area contributed by atoms with Gasteiger partial charge in [0.15, 0.2) is 5.72 Å². The summed E-state index contributed by atoms with van der Waals surface area (Å²) in [6.45, 7) is 5.52. The molecule has 4 rings (SSSR count). The number of epoxide rings is 1. The van der Waals surface area contributed by atoms with Crippen molar-refractivity contribution in [1.29, 1.82) is 0 Å². The number of esters is 1. The Morgan fingerprint density at radius 3 is 2.64 bits per heavy atom. The van der Waals surface area contributed by atoms with Crippen LogP contribution < -0.4 is 20.3 Å². The SMILES string of the molecule is CNCCC(=O)N(C)CC(=O)O[C@H]1CC(=O)N(C)c2cc(cc(OC)c2Cl)C/C(C)=C/C=C/[C@@H](OC)[C@@]2(O)C[C@H](OC(=O)N2)[C@@H](C)[C@@H]2O[C@@]12C. The average molecular weight is 721 g/mol. The van der Waals surface area contributed by atoms with E-state index in [0.717, 1.165) is 11.1 Å². The van der Waals surface area contributed by atoms with E-state index >= 15 is 0 Å². The summed E-state index contributed by atoms with van der Waals surface area (Å²) in [6, 6.07) is 3.58. The average Bonchev–Trinajstić information content (AvgIpc) is 3.76. The van der Waals surface area contributed by atoms with Gasteiger partial charge in [0, 0.05) is 46.5 Å². The molecule has 0 unspecified atom stereocenters. The predicted octanol–water partition coefficient (Wildman–Crippen LogP) is 2.74. The highest BCUT2D eigenvalue weighted by atomic mass is 35.5. The van der Waals surface area contributed by atoms with Crippen molar-refractivity contribution in [3.05, 3.63) is 46.5 Å². The van der Waals surface area contributed by atoms with E-state index in [0.29, 0.717) is 24.4 Å². The molecule has 0 radical (unpaired) electrons. The third-order valence-electron chi connectivity index (χ3n) is 9.61. The minimum atomic E-state index is -1.82. The van der Waals surface area contributed by atoms with Crippen LogP contribution >= 0.6 is 11.6 Å². The number of halogens is 1. The Kier molecular flexibility index (Phi) is 12.6. The summed E-state index contributed by atoms with van der Waals surface area (Å²) >= 11 is 6.72. The number of nitrogens with zero attached hydrogens (tertiary/aromatic N) is 2. The molecule has 2 saturated heterocycles. The minimum absolute atomic E-state index is 0.0445. The zero-order valence-corrected chi connectivity index (χ0v) is 30.7. The first kappa shape index (κ1) is 39.1. The van der Waals surface area contributed by atoms with E-state index in [9.17, 15) is 24.3 Å². The van der Waals surface area contributed by atoms with Crippen molar-refractivity contribution in [3.8, 4) is 5.75 Å². The van der Waals surface area contributed by atoms with Crippen LogP contribution in [0.15, 0.2) is 35.9 Å². The van der Waals surface area contributed by atoms with E-state index in [1.54, 1.807) is 52.2 Å². The van der Waals surface area contributed by atoms with Gasteiger partial charge in [0.25, 0.3) is 0 Å². The molecule has 0 saturated carbocycles. The quantitative estimate of drug-likeness (QED) is 0.267. The highest BCUT2D eigenvalue weighted by Gasteiger charge is 2.64. The number of fused-ring (bicyclic) bond motifs is 5. The van der Waals surface area contributed by atoms with Crippen molar-refractivity contribution in [2.24, 2.45) is 5.92 Å². The molecule has 1 aromatic rings. The molecule has 2 fully saturated rings. The van der Waals surface area contributed by atoms with Crippen molar-refractivity contribution in [2.45, 2.75) is 82.2 Å². The summed E-state index contributed by atoms with van der Waals surface area (Å²) in [5, 5.41) is 17.3. The Labute approximate surface area is 298 Å². The molecule has 7 atom stereocenters. The minimum Gasteiger partial charge on any atom is -0.495 e. The van der Waals surface area contributed by atoms with Gasteiger partial charge in [0.05, 0.1) is 25.3 Å². The fourth-order valence-electron chi connectivity index (χ4n) is 6.51. The smallest absolute Gasteiger partial charge is 0.409 e. The number of ether oxygens (including phenoxy) is 5. The van der Waals surface area contributed by atoms with Crippen molar-refractivity contribution in [3.63, 3.8) is 0 Å². The number of methoxy groups -OCH3 is 2. The van der Waals surface area contributed by atoms with E-state index in [-0.39, 0.29) is 36.7 Å². The van der Waals surface area contributed by atoms with Crippen LogP contribution in [0.3, 0.4) is 0 Å². The van der Waals surface area contributed by atoms with Crippen molar-refractivity contribution < 1.29 is 48.0 Å². The van der Waals surface area contributed by atoms with Crippen molar-refractivity contribution in [1.82, 2.24) is 15.5 Å². The summed E-state index contributed by atoms with van der Waals surface area (Å²) < 4.78 is 28.9. The maximum absolute atomic E-state index is 14.0. The second-order valence-corrected chi connectivity index (χ2v) is 13.8. The number of alkyl carbamates (subject to hydrolysis) is 1.